The molecule has 0 aromatic carbocycles. The van der Waals surface area contributed by atoms with Crippen LogP contribution in [0.15, 0.2) is 23.3 Å². The van der Waals surface area contributed by atoms with E-state index < -0.39 is 40.5 Å². The number of ether oxygens (including phenoxy) is 4. The van der Waals surface area contributed by atoms with Crippen molar-refractivity contribution in [3.8, 4) is 0 Å². The fraction of sp³-hybridized carbons (Fsp3) is 0.767. The summed E-state index contributed by atoms with van der Waals surface area (Å²) in [4.78, 5) is 38.1. The van der Waals surface area contributed by atoms with E-state index in [2.05, 4.69) is 0 Å². The summed E-state index contributed by atoms with van der Waals surface area (Å²) in [5.74, 6) is -0.162. The van der Waals surface area contributed by atoms with Crippen LogP contribution in [0, 0.1) is 34.5 Å². The third-order valence-corrected chi connectivity index (χ3v) is 12.3. The van der Waals surface area contributed by atoms with Gasteiger partial charge < -0.3 is 24.1 Å². The summed E-state index contributed by atoms with van der Waals surface area (Å²) in [6.45, 7) is 9.20. The normalized spacial score (nSPS) is 54.4. The molecule has 8 heteroatoms. The fourth-order valence-corrected chi connectivity index (χ4v) is 10.4. The Kier molecular flexibility index (Phi) is 4.98. The fourth-order valence-electron chi connectivity index (χ4n) is 10.4. The van der Waals surface area contributed by atoms with E-state index in [1.54, 1.807) is 19.1 Å². The molecule has 0 radical (unpaired) electrons. The minimum Gasteiger partial charge on any atom is -0.456 e. The Morgan fingerprint density at radius 3 is 2.55 bits per heavy atom. The van der Waals surface area contributed by atoms with Crippen molar-refractivity contribution < 1.29 is 38.4 Å². The molecule has 8 nitrogen and oxygen atoms in total. The Balaban J connectivity index is 1.23. The highest BCUT2D eigenvalue weighted by molar-refractivity contribution is 5.98. The van der Waals surface area contributed by atoms with Crippen LogP contribution in [0.1, 0.15) is 73.1 Å². The van der Waals surface area contributed by atoms with Crippen molar-refractivity contribution in [3.63, 3.8) is 0 Å². The largest absolute Gasteiger partial charge is 0.456 e. The maximum Gasteiger partial charge on any atom is 0.334 e. The summed E-state index contributed by atoms with van der Waals surface area (Å²) in [5.41, 5.74) is -1.14. The number of fused-ring (bicyclic) bond motifs is 3. The standard InChI is InChI=1S/C30H38O8/c1-14-12-23(36-25(33)15(14)2)28(5)20-7-6-19-17-13-24-30(37-24)22(35-16(3)31)9-8-21(32)27(30,4)18(17)10-11-29(19,20)26(34)38-28/h8-9,17-20,22-24,26,34H,6-7,10-13H2,1-5H3/t17-,18+,19+,20-,22+,23-,24-,26+,27+,28-,29-,30-/m1/s1. The minimum atomic E-state index is -0.952. The Hall–Kier alpha value is -2.03. The van der Waals surface area contributed by atoms with Crippen LogP contribution < -0.4 is 0 Å². The predicted molar refractivity (Wildman–Crippen MR) is 133 cm³/mol. The quantitative estimate of drug-likeness (QED) is 0.431. The molecule has 38 heavy (non-hydrogen) atoms. The molecule has 0 aromatic heterocycles. The first-order chi connectivity index (χ1) is 17.9. The number of ketones is 1. The van der Waals surface area contributed by atoms with Gasteiger partial charge in [0.2, 0.25) is 0 Å². The van der Waals surface area contributed by atoms with Crippen LogP contribution in [0.2, 0.25) is 0 Å². The van der Waals surface area contributed by atoms with Gasteiger partial charge in [-0.05, 0) is 89.7 Å². The van der Waals surface area contributed by atoms with Crippen LogP contribution in [0.4, 0.5) is 0 Å². The lowest BCUT2D eigenvalue weighted by Crippen LogP contribution is -2.64. The van der Waals surface area contributed by atoms with Crippen molar-refractivity contribution in [1.82, 2.24) is 0 Å². The van der Waals surface area contributed by atoms with Gasteiger partial charge in [0.15, 0.2) is 18.2 Å². The van der Waals surface area contributed by atoms with Gasteiger partial charge in [-0.2, -0.15) is 0 Å². The van der Waals surface area contributed by atoms with E-state index >= 15 is 0 Å². The molecule has 3 aliphatic heterocycles. The number of epoxide rings is 1. The first-order valence-electron chi connectivity index (χ1n) is 14.2. The third kappa shape index (κ3) is 2.70. The summed E-state index contributed by atoms with van der Waals surface area (Å²) in [7, 11) is 0. The highest BCUT2D eigenvalue weighted by Crippen LogP contribution is 2.76. The number of allylic oxidation sites excluding steroid dienone is 1. The van der Waals surface area contributed by atoms with Crippen LogP contribution in [-0.4, -0.2) is 58.6 Å². The van der Waals surface area contributed by atoms with E-state index in [4.69, 9.17) is 18.9 Å². The van der Waals surface area contributed by atoms with Gasteiger partial charge in [-0.15, -0.1) is 0 Å². The second-order valence-corrected chi connectivity index (χ2v) is 13.4. The summed E-state index contributed by atoms with van der Waals surface area (Å²) < 4.78 is 24.5. The van der Waals surface area contributed by atoms with Crippen molar-refractivity contribution in [2.24, 2.45) is 34.5 Å². The maximum atomic E-state index is 13.6. The van der Waals surface area contributed by atoms with Gasteiger partial charge >= 0.3 is 11.9 Å². The number of rotatable bonds is 2. The van der Waals surface area contributed by atoms with Crippen LogP contribution in [-0.2, 0) is 33.3 Å². The van der Waals surface area contributed by atoms with Crippen LogP contribution in [0.25, 0.3) is 0 Å². The Bertz CT molecular complexity index is 1200. The van der Waals surface area contributed by atoms with E-state index in [1.165, 1.54) is 6.92 Å². The first kappa shape index (κ1) is 25.0. The highest BCUT2D eigenvalue weighted by Gasteiger charge is 2.83. The van der Waals surface area contributed by atoms with E-state index in [-0.39, 0.29) is 47.5 Å². The molecular formula is C30H38O8. The molecule has 5 fully saturated rings. The number of esters is 2. The molecule has 2 saturated heterocycles. The lowest BCUT2D eigenvalue weighted by atomic mass is 9.44. The van der Waals surface area contributed by atoms with E-state index in [0.29, 0.717) is 12.0 Å². The van der Waals surface area contributed by atoms with Crippen molar-refractivity contribution in [1.29, 1.82) is 0 Å². The molecule has 206 valence electrons. The van der Waals surface area contributed by atoms with Crippen molar-refractivity contribution in [2.45, 2.75) is 109 Å². The second-order valence-electron chi connectivity index (χ2n) is 13.4. The maximum absolute atomic E-state index is 13.6. The smallest absolute Gasteiger partial charge is 0.334 e. The number of hydrogen-bond acceptors (Lipinski definition) is 8. The second kappa shape index (κ2) is 7.58. The van der Waals surface area contributed by atoms with Gasteiger partial charge in [-0.25, -0.2) is 4.79 Å². The average Bonchev–Trinajstić information content (AvgIpc) is 3.37. The number of carbonyl (C=O) groups is 3. The summed E-state index contributed by atoms with van der Waals surface area (Å²) in [6, 6.07) is 0. The molecule has 0 bridgehead atoms. The molecule has 1 N–H and O–H groups in total. The number of hydrogen-bond donors (Lipinski definition) is 1. The SMILES string of the molecule is CC(=O)O[C@H]1C=CC(=O)[C@]2(C)[C@H]3CC[C@]45[C@H](CC[C@H]4[C@@H]3C[C@H]3O[C@]132)[C@](C)([C@H]1CC(C)=C(C)C(=O)O1)O[C@@H]5O. The topological polar surface area (TPSA) is 112 Å². The van der Waals surface area contributed by atoms with Crippen molar-refractivity contribution >= 4 is 17.7 Å². The number of aliphatic hydroxyl groups is 1. The van der Waals surface area contributed by atoms with Gasteiger partial charge in [0.05, 0.1) is 11.5 Å². The van der Waals surface area contributed by atoms with E-state index in [1.807, 2.05) is 20.8 Å². The van der Waals surface area contributed by atoms with Crippen molar-refractivity contribution in [3.05, 3.63) is 23.3 Å². The lowest BCUT2D eigenvalue weighted by molar-refractivity contribution is -0.218. The molecule has 0 unspecified atom stereocenters. The summed E-state index contributed by atoms with van der Waals surface area (Å²) in [6.07, 6.45) is 5.87. The molecule has 0 amide bonds. The van der Waals surface area contributed by atoms with Gasteiger partial charge in [0.25, 0.3) is 0 Å². The number of aliphatic hydroxyl groups excluding tert-OH is 1. The monoisotopic (exact) mass is 526 g/mol. The zero-order valence-corrected chi connectivity index (χ0v) is 22.8. The summed E-state index contributed by atoms with van der Waals surface area (Å²) in [5, 5.41) is 11.6. The molecule has 3 saturated carbocycles. The summed E-state index contributed by atoms with van der Waals surface area (Å²) >= 11 is 0. The minimum absolute atomic E-state index is 0.0448. The molecular weight excluding hydrogens is 488 g/mol. The molecule has 4 aliphatic carbocycles. The Morgan fingerprint density at radius 2 is 1.84 bits per heavy atom. The van der Waals surface area contributed by atoms with Crippen LogP contribution in [0.5, 0.6) is 0 Å². The van der Waals surface area contributed by atoms with Gasteiger partial charge in [0, 0.05) is 30.3 Å². The number of carbonyl (C=O) groups excluding carboxylic acids is 3. The highest BCUT2D eigenvalue weighted by atomic mass is 16.7. The van der Waals surface area contributed by atoms with Crippen molar-refractivity contribution in [2.75, 3.05) is 0 Å². The van der Waals surface area contributed by atoms with Crippen LogP contribution >= 0.6 is 0 Å². The Labute approximate surface area is 223 Å². The lowest BCUT2D eigenvalue weighted by Gasteiger charge is -2.58. The van der Waals surface area contributed by atoms with Gasteiger partial charge in [-0.1, -0.05) is 5.57 Å². The number of cyclic esters (lactones) is 1. The molecule has 12 atom stereocenters. The first-order valence-corrected chi connectivity index (χ1v) is 14.2. The molecule has 3 heterocycles. The van der Waals surface area contributed by atoms with E-state index in [0.717, 1.165) is 37.7 Å². The average molecular weight is 527 g/mol. The van der Waals surface area contributed by atoms with Gasteiger partial charge in [-0.3, -0.25) is 9.59 Å². The van der Waals surface area contributed by atoms with E-state index in [9.17, 15) is 19.5 Å². The third-order valence-electron chi connectivity index (χ3n) is 12.3. The molecule has 2 spiro atoms. The zero-order valence-electron chi connectivity index (χ0n) is 22.8. The zero-order chi connectivity index (χ0) is 27.0. The molecule has 7 rings (SSSR count). The van der Waals surface area contributed by atoms with Gasteiger partial charge in [0.1, 0.15) is 17.3 Å². The predicted octanol–water partition coefficient (Wildman–Crippen LogP) is 3.40. The Morgan fingerprint density at radius 1 is 1.08 bits per heavy atom. The molecule has 0 aromatic rings. The molecule has 7 aliphatic rings. The van der Waals surface area contributed by atoms with Crippen LogP contribution in [0.3, 0.4) is 0 Å².